The molecule has 4 amide bonds. The molecule has 3 atom stereocenters. The van der Waals surface area contributed by atoms with Crippen LogP contribution in [0, 0.1) is 6.92 Å². The molecule has 38 heavy (non-hydrogen) atoms. The van der Waals surface area contributed by atoms with Crippen molar-refractivity contribution in [3.05, 3.63) is 101 Å². The van der Waals surface area contributed by atoms with Crippen molar-refractivity contribution in [2.24, 2.45) is 0 Å². The third-order valence-electron chi connectivity index (χ3n) is 7.82. The van der Waals surface area contributed by atoms with Crippen molar-refractivity contribution in [1.29, 1.82) is 0 Å². The van der Waals surface area contributed by atoms with Crippen molar-refractivity contribution in [2.75, 3.05) is 4.90 Å². The first-order chi connectivity index (χ1) is 18.4. The van der Waals surface area contributed by atoms with E-state index in [0.717, 1.165) is 39.7 Å². The van der Waals surface area contributed by atoms with Gasteiger partial charge in [-0.25, -0.2) is 9.69 Å². The number of hydrogen-bond donors (Lipinski definition) is 2. The van der Waals surface area contributed by atoms with Gasteiger partial charge in [-0.05, 0) is 49.6 Å². The van der Waals surface area contributed by atoms with Crippen molar-refractivity contribution in [3.8, 4) is 0 Å². The van der Waals surface area contributed by atoms with Crippen LogP contribution in [0.5, 0.6) is 0 Å². The van der Waals surface area contributed by atoms with Crippen molar-refractivity contribution in [2.45, 2.75) is 51.7 Å². The first-order valence-corrected chi connectivity index (χ1v) is 13.1. The number of urea groups is 1. The number of rotatable bonds is 5. The Morgan fingerprint density at radius 3 is 2.50 bits per heavy atom. The molecule has 0 spiro atoms. The van der Waals surface area contributed by atoms with E-state index in [1.165, 1.54) is 4.90 Å². The molecule has 2 N–H and O–H groups in total. The van der Waals surface area contributed by atoms with Crippen LogP contribution < -0.4 is 10.2 Å². The number of aromatic amines is 1. The monoisotopic (exact) mass is 506 g/mol. The van der Waals surface area contributed by atoms with Gasteiger partial charge in [-0.15, -0.1) is 0 Å². The second-order valence-electron chi connectivity index (χ2n) is 10.3. The van der Waals surface area contributed by atoms with Gasteiger partial charge in [-0.2, -0.15) is 0 Å². The summed E-state index contributed by atoms with van der Waals surface area (Å²) in [6, 6.07) is 21.4. The normalized spacial score (nSPS) is 19.4. The average molecular weight is 507 g/mol. The number of imide groups is 1. The number of nitrogens with zero attached hydrogens (tertiary/aromatic N) is 2. The summed E-state index contributed by atoms with van der Waals surface area (Å²) in [6.45, 7) is 5.94. The van der Waals surface area contributed by atoms with Crippen LogP contribution in [0.3, 0.4) is 0 Å². The predicted octanol–water partition coefficient (Wildman–Crippen LogP) is 5.49. The first-order valence-electron chi connectivity index (χ1n) is 13.1. The number of carbonyl (C=O) groups excluding carboxylic acids is 3. The smallest absolute Gasteiger partial charge is 0.332 e. The average Bonchev–Trinajstić information content (AvgIpc) is 3.42. The molecule has 1 saturated heterocycles. The third kappa shape index (κ3) is 3.69. The fourth-order valence-corrected chi connectivity index (χ4v) is 5.66. The van der Waals surface area contributed by atoms with E-state index < -0.39 is 18.1 Å². The molecule has 3 aromatic carbocycles. The van der Waals surface area contributed by atoms with Gasteiger partial charge in [0.2, 0.25) is 0 Å². The minimum atomic E-state index is -0.675. The van der Waals surface area contributed by atoms with Crippen LogP contribution in [0.1, 0.15) is 59.1 Å². The van der Waals surface area contributed by atoms with Crippen molar-refractivity contribution in [3.63, 3.8) is 0 Å². The summed E-state index contributed by atoms with van der Waals surface area (Å²) in [5, 5.41) is 4.03. The van der Waals surface area contributed by atoms with Crippen LogP contribution in [0.15, 0.2) is 72.8 Å². The van der Waals surface area contributed by atoms with Gasteiger partial charge in [-0.1, -0.05) is 67.1 Å². The largest absolute Gasteiger partial charge is 0.356 e. The highest BCUT2D eigenvalue weighted by atomic mass is 16.2. The number of aromatic nitrogens is 1. The van der Waals surface area contributed by atoms with Gasteiger partial charge in [0.25, 0.3) is 11.8 Å². The van der Waals surface area contributed by atoms with E-state index in [9.17, 15) is 14.4 Å². The Hall–Kier alpha value is -4.39. The molecule has 7 nitrogen and oxygen atoms in total. The van der Waals surface area contributed by atoms with Gasteiger partial charge in [0.05, 0.1) is 11.3 Å². The molecular formula is C31H30N4O3. The van der Waals surface area contributed by atoms with E-state index in [4.69, 9.17) is 0 Å². The van der Waals surface area contributed by atoms with Crippen LogP contribution in [-0.4, -0.2) is 39.8 Å². The quantitative estimate of drug-likeness (QED) is 0.351. The van der Waals surface area contributed by atoms with Crippen LogP contribution >= 0.6 is 0 Å². The van der Waals surface area contributed by atoms with Gasteiger partial charge < -0.3 is 10.3 Å². The highest BCUT2D eigenvalue weighted by Gasteiger charge is 2.53. The highest BCUT2D eigenvalue weighted by Crippen LogP contribution is 2.45. The zero-order valence-corrected chi connectivity index (χ0v) is 21.7. The number of aryl methyl sites for hydroxylation is 1. The Morgan fingerprint density at radius 2 is 1.74 bits per heavy atom. The van der Waals surface area contributed by atoms with Crippen LogP contribution in [0.4, 0.5) is 10.5 Å². The highest BCUT2D eigenvalue weighted by molar-refractivity contribution is 6.24. The molecule has 0 aliphatic carbocycles. The molecule has 0 radical (unpaired) electrons. The standard InChI is InChI=1S/C31H30N4O3/c1-4-19(3)32-29(36)22-10-6-8-12-25(22)35-30(37)26-17-23-21-9-5-7-11-24(21)33-27(23)28(34(26)31(35)38)20-15-13-18(2)14-16-20/h5-16,19,26,28,33H,4,17H2,1-3H3,(H,32,36)/t19-,26-,28+/m0/s1. The molecule has 7 heteroatoms. The van der Waals surface area contributed by atoms with Crippen LogP contribution in [0.25, 0.3) is 10.9 Å². The second-order valence-corrected chi connectivity index (χ2v) is 10.3. The summed E-state index contributed by atoms with van der Waals surface area (Å²) < 4.78 is 0. The number of H-pyrrole nitrogens is 1. The SMILES string of the molecule is CC[C@H](C)NC(=O)c1ccccc1N1C(=O)[C@@H]2Cc3c([nH]c4ccccc34)[C@@H](c3ccc(C)cc3)N2C1=O. The second kappa shape index (κ2) is 9.17. The van der Waals surface area contributed by atoms with Crippen molar-refractivity contribution < 1.29 is 14.4 Å². The lowest BCUT2D eigenvalue weighted by atomic mass is 9.88. The molecule has 0 unspecified atom stereocenters. The van der Waals surface area contributed by atoms with E-state index in [1.54, 1.807) is 29.2 Å². The van der Waals surface area contributed by atoms with E-state index in [-0.39, 0.29) is 17.9 Å². The summed E-state index contributed by atoms with van der Waals surface area (Å²) in [6.07, 6.45) is 1.18. The van der Waals surface area contributed by atoms with Gasteiger partial charge in [-0.3, -0.25) is 14.5 Å². The number of fused-ring (bicyclic) bond motifs is 4. The number of carbonyl (C=O) groups is 3. The Balaban J connectivity index is 1.48. The lowest BCUT2D eigenvalue weighted by molar-refractivity contribution is -0.120. The lowest BCUT2D eigenvalue weighted by Crippen LogP contribution is -2.44. The Labute approximate surface area is 221 Å². The molecule has 2 aliphatic rings. The molecule has 6 rings (SSSR count). The fraction of sp³-hybridized carbons (Fsp3) is 0.258. The molecular weight excluding hydrogens is 476 g/mol. The number of benzene rings is 3. The zero-order chi connectivity index (χ0) is 26.6. The topological polar surface area (TPSA) is 85.5 Å². The summed E-state index contributed by atoms with van der Waals surface area (Å²) in [5.41, 5.74) is 5.64. The van der Waals surface area contributed by atoms with Gasteiger partial charge in [0, 0.05) is 29.1 Å². The molecule has 2 aliphatic heterocycles. The molecule has 0 saturated carbocycles. The minimum Gasteiger partial charge on any atom is -0.356 e. The van der Waals surface area contributed by atoms with E-state index in [0.29, 0.717) is 17.7 Å². The summed E-state index contributed by atoms with van der Waals surface area (Å²) in [4.78, 5) is 47.8. The molecule has 4 aromatic rings. The maximum Gasteiger partial charge on any atom is 0.332 e. The Bertz CT molecular complexity index is 1570. The zero-order valence-electron chi connectivity index (χ0n) is 21.7. The lowest BCUT2D eigenvalue weighted by Gasteiger charge is -2.36. The summed E-state index contributed by atoms with van der Waals surface area (Å²) in [7, 11) is 0. The minimum absolute atomic E-state index is 0.0314. The van der Waals surface area contributed by atoms with E-state index >= 15 is 0 Å². The van der Waals surface area contributed by atoms with Crippen LogP contribution in [-0.2, 0) is 11.2 Å². The molecule has 192 valence electrons. The third-order valence-corrected chi connectivity index (χ3v) is 7.82. The summed E-state index contributed by atoms with van der Waals surface area (Å²) >= 11 is 0. The first kappa shape index (κ1) is 24.0. The van der Waals surface area contributed by atoms with Gasteiger partial charge in [0.15, 0.2) is 0 Å². The number of amides is 4. The number of nitrogens with one attached hydrogen (secondary N) is 2. The van der Waals surface area contributed by atoms with Gasteiger partial charge >= 0.3 is 6.03 Å². The molecule has 3 heterocycles. The van der Waals surface area contributed by atoms with E-state index in [1.807, 2.05) is 63.2 Å². The van der Waals surface area contributed by atoms with Crippen molar-refractivity contribution >= 4 is 34.4 Å². The predicted molar refractivity (Wildman–Crippen MR) is 147 cm³/mol. The molecule has 1 fully saturated rings. The number of hydrogen-bond acceptors (Lipinski definition) is 3. The number of para-hydroxylation sites is 2. The molecule has 1 aromatic heterocycles. The maximum absolute atomic E-state index is 14.2. The fourth-order valence-electron chi connectivity index (χ4n) is 5.66. The van der Waals surface area contributed by atoms with Gasteiger partial charge in [0.1, 0.15) is 12.1 Å². The Morgan fingerprint density at radius 1 is 1.03 bits per heavy atom. The molecule has 0 bridgehead atoms. The Kier molecular flexibility index (Phi) is 5.79. The van der Waals surface area contributed by atoms with Crippen molar-refractivity contribution in [1.82, 2.24) is 15.2 Å². The summed E-state index contributed by atoms with van der Waals surface area (Å²) in [5.74, 6) is -0.612. The van der Waals surface area contributed by atoms with Crippen LogP contribution in [0.2, 0.25) is 0 Å². The number of anilines is 1. The maximum atomic E-state index is 14.2. The van der Waals surface area contributed by atoms with E-state index in [2.05, 4.69) is 16.4 Å².